The second-order valence-corrected chi connectivity index (χ2v) is 4.96. The molecule has 1 aromatic rings. The van der Waals surface area contributed by atoms with E-state index in [0.29, 0.717) is 23.6 Å². The van der Waals surface area contributed by atoms with Crippen molar-refractivity contribution in [3.8, 4) is 11.5 Å². The summed E-state index contributed by atoms with van der Waals surface area (Å²) in [7, 11) is 3.08. The van der Waals surface area contributed by atoms with Gasteiger partial charge in [0.25, 0.3) is 0 Å². The van der Waals surface area contributed by atoms with Crippen LogP contribution in [0.15, 0.2) is 18.2 Å². The fourth-order valence-electron chi connectivity index (χ4n) is 2.74. The lowest BCUT2D eigenvalue weighted by Crippen LogP contribution is -2.36. The van der Waals surface area contributed by atoms with Crippen molar-refractivity contribution in [1.82, 2.24) is 10.2 Å². The van der Waals surface area contributed by atoms with Crippen LogP contribution in [-0.4, -0.2) is 56.4 Å². The zero-order valence-electron chi connectivity index (χ0n) is 12.5. The first-order valence-corrected chi connectivity index (χ1v) is 7.07. The quantitative estimate of drug-likeness (QED) is 0.848. The second-order valence-electron chi connectivity index (χ2n) is 4.96. The fourth-order valence-corrected chi connectivity index (χ4v) is 2.74. The molecule has 1 aromatic carbocycles. The van der Waals surface area contributed by atoms with E-state index in [0.717, 1.165) is 26.1 Å². The average molecular weight is 294 g/mol. The Morgan fingerprint density at radius 2 is 2.10 bits per heavy atom. The van der Waals surface area contributed by atoms with Crippen molar-refractivity contribution in [3.63, 3.8) is 0 Å². The molecule has 0 aromatic heterocycles. The molecule has 0 bridgehead atoms. The standard InChI is InChI=1S/C15H22N2O4/c1-20-12-6-3-5-11(14(12)21-2)13(15(18)19)17-9-4-7-16-8-10-17/h3,5-6,13,16H,4,7-10H2,1-2H3,(H,18,19). The third kappa shape index (κ3) is 3.46. The normalized spacial score (nSPS) is 17.8. The molecule has 1 heterocycles. The first-order valence-electron chi connectivity index (χ1n) is 7.07. The maximum Gasteiger partial charge on any atom is 0.325 e. The lowest BCUT2D eigenvalue weighted by molar-refractivity contribution is -0.143. The van der Waals surface area contributed by atoms with Gasteiger partial charge in [0.15, 0.2) is 11.5 Å². The van der Waals surface area contributed by atoms with Crippen molar-refractivity contribution in [1.29, 1.82) is 0 Å². The molecule has 0 aliphatic carbocycles. The highest BCUT2D eigenvalue weighted by Crippen LogP contribution is 2.37. The molecule has 116 valence electrons. The number of nitrogens with one attached hydrogen (secondary N) is 1. The molecule has 1 aliphatic heterocycles. The Morgan fingerprint density at radius 3 is 2.76 bits per heavy atom. The van der Waals surface area contributed by atoms with Gasteiger partial charge < -0.3 is 19.9 Å². The van der Waals surface area contributed by atoms with E-state index in [-0.39, 0.29) is 0 Å². The number of benzene rings is 1. The molecule has 0 spiro atoms. The fraction of sp³-hybridized carbons (Fsp3) is 0.533. The van der Waals surface area contributed by atoms with Crippen LogP contribution in [0.1, 0.15) is 18.0 Å². The number of hydrogen-bond acceptors (Lipinski definition) is 5. The van der Waals surface area contributed by atoms with Crippen LogP contribution in [0.3, 0.4) is 0 Å². The molecule has 1 unspecified atom stereocenters. The molecular weight excluding hydrogens is 272 g/mol. The van der Waals surface area contributed by atoms with Gasteiger partial charge >= 0.3 is 5.97 Å². The number of rotatable bonds is 5. The second kappa shape index (κ2) is 7.28. The van der Waals surface area contributed by atoms with Crippen molar-refractivity contribution in [2.24, 2.45) is 0 Å². The first-order chi connectivity index (χ1) is 10.2. The van der Waals surface area contributed by atoms with Gasteiger partial charge in [0.1, 0.15) is 6.04 Å². The first kappa shape index (κ1) is 15.6. The maximum absolute atomic E-state index is 11.8. The van der Waals surface area contributed by atoms with Crippen molar-refractivity contribution < 1.29 is 19.4 Å². The van der Waals surface area contributed by atoms with Crippen LogP contribution < -0.4 is 14.8 Å². The van der Waals surface area contributed by atoms with E-state index >= 15 is 0 Å². The molecule has 2 rings (SSSR count). The van der Waals surface area contributed by atoms with E-state index in [1.807, 2.05) is 4.90 Å². The van der Waals surface area contributed by atoms with Crippen LogP contribution in [0, 0.1) is 0 Å². The van der Waals surface area contributed by atoms with Gasteiger partial charge in [0.05, 0.1) is 14.2 Å². The molecule has 1 saturated heterocycles. The largest absolute Gasteiger partial charge is 0.493 e. The number of aliphatic carboxylic acids is 1. The molecular formula is C15H22N2O4. The van der Waals surface area contributed by atoms with Crippen LogP contribution in [-0.2, 0) is 4.79 Å². The molecule has 0 amide bonds. The van der Waals surface area contributed by atoms with Crippen LogP contribution in [0.2, 0.25) is 0 Å². The molecule has 0 radical (unpaired) electrons. The number of carboxylic acids is 1. The number of para-hydroxylation sites is 1. The Balaban J connectivity index is 2.40. The Labute approximate surface area is 124 Å². The summed E-state index contributed by atoms with van der Waals surface area (Å²) < 4.78 is 10.7. The lowest BCUT2D eigenvalue weighted by Gasteiger charge is -2.28. The topological polar surface area (TPSA) is 71.0 Å². The van der Waals surface area contributed by atoms with Crippen LogP contribution >= 0.6 is 0 Å². The van der Waals surface area contributed by atoms with E-state index in [1.54, 1.807) is 25.3 Å². The highest BCUT2D eigenvalue weighted by Gasteiger charge is 2.31. The maximum atomic E-state index is 11.8. The number of carbonyl (C=O) groups is 1. The molecule has 1 fully saturated rings. The SMILES string of the molecule is COc1cccc(C(C(=O)O)N2CCCNCC2)c1OC. The Kier molecular flexibility index (Phi) is 5.41. The molecule has 1 aliphatic rings. The minimum Gasteiger partial charge on any atom is -0.493 e. The van der Waals surface area contributed by atoms with Gasteiger partial charge in [0, 0.05) is 25.2 Å². The Morgan fingerprint density at radius 1 is 1.29 bits per heavy atom. The average Bonchev–Trinajstić information content (AvgIpc) is 2.76. The summed E-state index contributed by atoms with van der Waals surface area (Å²) in [5, 5.41) is 13.0. The predicted molar refractivity (Wildman–Crippen MR) is 79.0 cm³/mol. The number of carboxylic acid groups (broad SMARTS) is 1. The molecule has 6 heteroatoms. The summed E-state index contributed by atoms with van der Waals surface area (Å²) in [5.41, 5.74) is 0.631. The summed E-state index contributed by atoms with van der Waals surface area (Å²) >= 11 is 0. The van der Waals surface area contributed by atoms with Crippen LogP contribution in [0.5, 0.6) is 11.5 Å². The summed E-state index contributed by atoms with van der Waals surface area (Å²) in [5.74, 6) is 0.169. The minimum absolute atomic E-state index is 0.490. The van der Waals surface area contributed by atoms with E-state index in [9.17, 15) is 9.90 Å². The van der Waals surface area contributed by atoms with Gasteiger partial charge in [0.2, 0.25) is 0 Å². The summed E-state index contributed by atoms with van der Waals surface area (Å²) in [6.07, 6.45) is 0.927. The molecule has 0 saturated carbocycles. The number of ether oxygens (including phenoxy) is 2. The molecule has 2 N–H and O–H groups in total. The van der Waals surface area contributed by atoms with E-state index in [4.69, 9.17) is 9.47 Å². The Hall–Kier alpha value is -1.79. The number of nitrogens with zero attached hydrogens (tertiary/aromatic N) is 1. The predicted octanol–water partition coefficient (Wildman–Crippen LogP) is 1.12. The summed E-state index contributed by atoms with van der Waals surface area (Å²) in [4.78, 5) is 13.8. The number of methoxy groups -OCH3 is 2. The lowest BCUT2D eigenvalue weighted by atomic mass is 10.0. The molecule has 21 heavy (non-hydrogen) atoms. The highest BCUT2D eigenvalue weighted by atomic mass is 16.5. The van der Waals surface area contributed by atoms with Gasteiger partial charge in [-0.3, -0.25) is 9.69 Å². The van der Waals surface area contributed by atoms with Crippen LogP contribution in [0.25, 0.3) is 0 Å². The van der Waals surface area contributed by atoms with Gasteiger partial charge in [-0.2, -0.15) is 0 Å². The van der Waals surface area contributed by atoms with Crippen molar-refractivity contribution in [3.05, 3.63) is 23.8 Å². The van der Waals surface area contributed by atoms with Crippen molar-refractivity contribution in [2.45, 2.75) is 12.5 Å². The van der Waals surface area contributed by atoms with E-state index < -0.39 is 12.0 Å². The van der Waals surface area contributed by atoms with E-state index in [2.05, 4.69) is 5.32 Å². The van der Waals surface area contributed by atoms with Gasteiger partial charge in [-0.25, -0.2) is 0 Å². The van der Waals surface area contributed by atoms with Gasteiger partial charge in [-0.1, -0.05) is 12.1 Å². The van der Waals surface area contributed by atoms with Gasteiger partial charge in [-0.15, -0.1) is 0 Å². The minimum atomic E-state index is -0.872. The molecule has 1 atom stereocenters. The zero-order valence-corrected chi connectivity index (χ0v) is 12.5. The van der Waals surface area contributed by atoms with Crippen molar-refractivity contribution in [2.75, 3.05) is 40.4 Å². The summed E-state index contributed by atoms with van der Waals surface area (Å²) in [6, 6.07) is 4.63. The smallest absolute Gasteiger partial charge is 0.325 e. The third-order valence-electron chi connectivity index (χ3n) is 3.70. The third-order valence-corrected chi connectivity index (χ3v) is 3.70. The van der Waals surface area contributed by atoms with Gasteiger partial charge in [-0.05, 0) is 19.0 Å². The molecule has 6 nitrogen and oxygen atoms in total. The zero-order chi connectivity index (χ0) is 15.2. The van der Waals surface area contributed by atoms with Crippen LogP contribution in [0.4, 0.5) is 0 Å². The van der Waals surface area contributed by atoms with E-state index in [1.165, 1.54) is 7.11 Å². The monoisotopic (exact) mass is 294 g/mol. The summed E-state index contributed by atoms with van der Waals surface area (Å²) in [6.45, 7) is 3.13. The highest BCUT2D eigenvalue weighted by molar-refractivity contribution is 5.77. The Bertz CT molecular complexity index is 485. The number of hydrogen-bond donors (Lipinski definition) is 2. The van der Waals surface area contributed by atoms with Crippen molar-refractivity contribution >= 4 is 5.97 Å².